The second-order valence-corrected chi connectivity index (χ2v) is 12.9. The lowest BCUT2D eigenvalue weighted by molar-refractivity contribution is 0.0447. The molecule has 8 nitrogen and oxygen atoms in total. The normalized spacial score (nSPS) is 25.7. The van der Waals surface area contributed by atoms with Crippen molar-refractivity contribution in [1.82, 2.24) is 19.9 Å². The Morgan fingerprint density at radius 1 is 1.11 bits per heavy atom. The van der Waals surface area contributed by atoms with E-state index in [9.17, 15) is 14.6 Å². The van der Waals surface area contributed by atoms with Gasteiger partial charge in [0.2, 0.25) is 0 Å². The average molecular weight is 608 g/mol. The van der Waals surface area contributed by atoms with Crippen LogP contribution in [0.2, 0.25) is 0 Å². The molecule has 2 aromatic heterocycles. The Balaban J connectivity index is 1.39. The number of pyridine rings is 1. The Morgan fingerprint density at radius 2 is 1.93 bits per heavy atom. The summed E-state index contributed by atoms with van der Waals surface area (Å²) < 4.78 is 53.0. The predicted molar refractivity (Wildman–Crippen MR) is 162 cm³/mol. The summed E-state index contributed by atoms with van der Waals surface area (Å²) in [5.74, 6) is -2.09. The summed E-state index contributed by atoms with van der Waals surface area (Å²) in [6.07, 6.45) is 4.43. The molecule has 0 aliphatic carbocycles. The molecule has 0 saturated carbocycles. The minimum Gasteiger partial charge on any atom is -0.505 e. The summed E-state index contributed by atoms with van der Waals surface area (Å²) in [7, 11) is 0. The van der Waals surface area contributed by atoms with Crippen molar-refractivity contribution in [3.05, 3.63) is 47.7 Å². The molecule has 0 unspecified atom stereocenters. The van der Waals surface area contributed by atoms with Crippen molar-refractivity contribution in [2.24, 2.45) is 0 Å². The van der Waals surface area contributed by atoms with Crippen LogP contribution in [0.3, 0.4) is 0 Å². The van der Waals surface area contributed by atoms with Crippen molar-refractivity contribution < 1.29 is 28.1 Å². The van der Waals surface area contributed by atoms with Gasteiger partial charge in [0.1, 0.15) is 29.8 Å². The number of halogens is 3. The molecule has 2 aromatic carbocycles. The van der Waals surface area contributed by atoms with E-state index >= 15 is 8.78 Å². The Labute approximate surface area is 253 Å². The number of rotatable bonds is 6. The van der Waals surface area contributed by atoms with Crippen molar-refractivity contribution in [3.63, 3.8) is 0 Å². The quantitative estimate of drug-likeness (QED) is 0.289. The fourth-order valence-electron chi connectivity index (χ4n) is 7.56. The van der Waals surface area contributed by atoms with Crippen LogP contribution in [0.4, 0.5) is 19.0 Å². The molecule has 4 aromatic rings. The SMILES string of the molecule is CCc1cccc2cc(O)c(F)c(-c3ncc4c(N5CCC[C@@](C)(O)C5)nc(OC[C@@]56CCCN5C[C@H](F)C6)nc4c3F)c12. The summed E-state index contributed by atoms with van der Waals surface area (Å²) in [4.78, 5) is 17.6. The van der Waals surface area contributed by atoms with Crippen LogP contribution < -0.4 is 9.64 Å². The minimum absolute atomic E-state index is 0.0761. The lowest BCUT2D eigenvalue weighted by Gasteiger charge is -2.38. The number of hydrogen-bond acceptors (Lipinski definition) is 8. The first-order valence-corrected chi connectivity index (χ1v) is 15.4. The van der Waals surface area contributed by atoms with Gasteiger partial charge in [0.05, 0.1) is 22.1 Å². The van der Waals surface area contributed by atoms with Gasteiger partial charge in [-0.1, -0.05) is 25.1 Å². The first kappa shape index (κ1) is 29.0. The molecule has 0 bridgehead atoms. The zero-order valence-electron chi connectivity index (χ0n) is 24.9. The van der Waals surface area contributed by atoms with Gasteiger partial charge in [-0.25, -0.2) is 13.2 Å². The van der Waals surface area contributed by atoms with Gasteiger partial charge in [-0.2, -0.15) is 9.97 Å². The highest BCUT2D eigenvalue weighted by Gasteiger charge is 2.49. The molecule has 3 atom stereocenters. The van der Waals surface area contributed by atoms with Gasteiger partial charge < -0.3 is 19.8 Å². The van der Waals surface area contributed by atoms with Gasteiger partial charge in [0.15, 0.2) is 17.4 Å². The van der Waals surface area contributed by atoms with Gasteiger partial charge in [-0.05, 0) is 68.0 Å². The monoisotopic (exact) mass is 607 g/mol. The van der Waals surface area contributed by atoms with E-state index in [1.807, 2.05) is 24.0 Å². The van der Waals surface area contributed by atoms with Crippen LogP contribution in [0.25, 0.3) is 32.9 Å². The molecule has 3 saturated heterocycles. The van der Waals surface area contributed by atoms with E-state index in [0.29, 0.717) is 60.7 Å². The molecule has 3 fully saturated rings. The molecule has 11 heteroatoms. The van der Waals surface area contributed by atoms with E-state index in [1.165, 1.54) is 12.3 Å². The number of piperidine rings is 1. The third-order valence-corrected chi connectivity index (χ3v) is 9.64. The highest BCUT2D eigenvalue weighted by atomic mass is 19.1. The Morgan fingerprint density at radius 3 is 2.73 bits per heavy atom. The molecule has 5 heterocycles. The van der Waals surface area contributed by atoms with Crippen LogP contribution in [-0.2, 0) is 6.42 Å². The molecular weight excluding hydrogens is 571 g/mol. The van der Waals surface area contributed by atoms with Crippen LogP contribution in [0.5, 0.6) is 11.8 Å². The van der Waals surface area contributed by atoms with Crippen LogP contribution >= 0.6 is 0 Å². The van der Waals surface area contributed by atoms with E-state index in [2.05, 4.69) is 19.9 Å². The highest BCUT2D eigenvalue weighted by Crippen LogP contribution is 2.43. The Hall–Kier alpha value is -3.70. The van der Waals surface area contributed by atoms with Crippen molar-refractivity contribution >= 4 is 27.5 Å². The third-order valence-electron chi connectivity index (χ3n) is 9.64. The standard InChI is InChI=1S/C33H36F3N5O3/c1-3-19-7-4-8-20-13-23(42)26(35)25(24(19)20)29-27(36)28-22(15-37-29)30(40-11-5-9-32(2,43)17-40)39-31(38-28)44-18-33-10-6-12-41(33)16-21(34)14-33/h4,7-8,13,15,21,42-43H,3,5-6,9-12,14,16-18H2,1-2H3/t21-,32-,33+/m1/s1. The molecule has 232 valence electrons. The number of β-amino-alcohol motifs (C(OH)–C–C–N with tert-alkyl or cyclic N) is 1. The van der Waals surface area contributed by atoms with E-state index in [0.717, 1.165) is 24.9 Å². The number of alkyl halides is 1. The second-order valence-electron chi connectivity index (χ2n) is 12.9. The molecule has 3 aliphatic rings. The topological polar surface area (TPSA) is 94.8 Å². The number of aryl methyl sites for hydroxylation is 1. The van der Waals surface area contributed by atoms with E-state index < -0.39 is 34.7 Å². The van der Waals surface area contributed by atoms with Crippen molar-refractivity contribution in [3.8, 4) is 23.0 Å². The number of ether oxygens (including phenoxy) is 1. The van der Waals surface area contributed by atoms with Crippen LogP contribution in [-0.4, -0.2) is 80.2 Å². The van der Waals surface area contributed by atoms with Gasteiger partial charge in [0.25, 0.3) is 0 Å². The zero-order valence-corrected chi connectivity index (χ0v) is 24.9. The van der Waals surface area contributed by atoms with Gasteiger partial charge in [0, 0.05) is 32.3 Å². The lowest BCUT2D eigenvalue weighted by Crippen LogP contribution is -2.46. The van der Waals surface area contributed by atoms with E-state index in [-0.39, 0.29) is 35.9 Å². The first-order chi connectivity index (χ1) is 21.1. The molecule has 0 spiro atoms. The van der Waals surface area contributed by atoms with Crippen LogP contribution in [0.15, 0.2) is 30.5 Å². The van der Waals surface area contributed by atoms with Crippen molar-refractivity contribution in [2.75, 3.05) is 37.7 Å². The number of hydrogen-bond donors (Lipinski definition) is 2. The fraction of sp³-hybridized carbons (Fsp3) is 0.485. The lowest BCUT2D eigenvalue weighted by atomic mass is 9.94. The Bertz CT molecular complexity index is 1770. The number of phenols is 1. The maximum absolute atomic E-state index is 16.7. The molecule has 0 radical (unpaired) electrons. The number of anilines is 1. The molecule has 7 rings (SSSR count). The summed E-state index contributed by atoms with van der Waals surface area (Å²) in [5.41, 5.74) is -1.19. The summed E-state index contributed by atoms with van der Waals surface area (Å²) in [5, 5.41) is 22.7. The number of fused-ring (bicyclic) bond motifs is 3. The maximum atomic E-state index is 16.7. The van der Waals surface area contributed by atoms with Crippen molar-refractivity contribution in [1.29, 1.82) is 0 Å². The van der Waals surface area contributed by atoms with Crippen LogP contribution in [0.1, 0.15) is 51.5 Å². The number of phenolic OH excluding ortho intramolecular Hbond substituents is 1. The number of benzene rings is 2. The molecule has 44 heavy (non-hydrogen) atoms. The number of aromatic hydroxyl groups is 1. The zero-order chi connectivity index (χ0) is 30.8. The second kappa shape index (κ2) is 10.7. The number of aromatic nitrogens is 3. The smallest absolute Gasteiger partial charge is 0.319 e. The first-order valence-electron chi connectivity index (χ1n) is 15.4. The van der Waals surface area contributed by atoms with E-state index in [1.54, 1.807) is 13.0 Å². The predicted octanol–water partition coefficient (Wildman–Crippen LogP) is 5.70. The minimum atomic E-state index is -0.980. The van der Waals surface area contributed by atoms with Gasteiger partial charge in [-0.15, -0.1) is 0 Å². The van der Waals surface area contributed by atoms with Gasteiger partial charge in [-0.3, -0.25) is 9.88 Å². The molecular formula is C33H36F3N5O3. The largest absolute Gasteiger partial charge is 0.505 e. The van der Waals surface area contributed by atoms with Gasteiger partial charge >= 0.3 is 6.01 Å². The third kappa shape index (κ3) is 4.81. The maximum Gasteiger partial charge on any atom is 0.319 e. The molecule has 2 N–H and O–H groups in total. The van der Waals surface area contributed by atoms with Crippen molar-refractivity contribution in [2.45, 2.75) is 69.7 Å². The average Bonchev–Trinajstić information content (AvgIpc) is 3.52. The molecule has 0 amide bonds. The summed E-state index contributed by atoms with van der Waals surface area (Å²) in [6, 6.07) is 6.64. The van der Waals surface area contributed by atoms with E-state index in [4.69, 9.17) is 4.74 Å². The summed E-state index contributed by atoms with van der Waals surface area (Å²) >= 11 is 0. The number of nitrogens with zero attached hydrogens (tertiary/aromatic N) is 5. The number of aliphatic hydroxyl groups is 1. The fourth-order valence-corrected chi connectivity index (χ4v) is 7.56. The van der Waals surface area contributed by atoms with Crippen LogP contribution in [0, 0.1) is 11.6 Å². The Kier molecular flexibility index (Phi) is 7.08. The summed E-state index contributed by atoms with van der Waals surface area (Å²) in [6.45, 7) is 5.81. The molecule has 3 aliphatic heterocycles. The highest BCUT2D eigenvalue weighted by molar-refractivity contribution is 6.02.